The summed E-state index contributed by atoms with van der Waals surface area (Å²) in [5.74, 6) is 1.05. The standard InChI is InChI=1S/C14H15ClN2O2/c1-8-6-10(16)13(17-7-8)9-4-5-11(18-2)12(15)14(9)19-3/h4-7H,16H2,1-3H3. The Morgan fingerprint density at radius 2 is 1.95 bits per heavy atom. The first-order chi connectivity index (χ1) is 9.08. The van der Waals surface area contributed by atoms with E-state index in [-0.39, 0.29) is 0 Å². The molecule has 19 heavy (non-hydrogen) atoms. The minimum absolute atomic E-state index is 0.407. The summed E-state index contributed by atoms with van der Waals surface area (Å²) in [6.45, 7) is 1.94. The number of ether oxygens (including phenoxy) is 2. The first-order valence-electron chi connectivity index (χ1n) is 5.71. The molecule has 0 fully saturated rings. The fourth-order valence-corrected chi connectivity index (χ4v) is 2.22. The molecule has 2 aromatic rings. The lowest BCUT2D eigenvalue weighted by Gasteiger charge is -2.14. The van der Waals surface area contributed by atoms with E-state index in [1.807, 2.05) is 19.1 Å². The third kappa shape index (κ3) is 2.44. The first kappa shape index (κ1) is 13.5. The van der Waals surface area contributed by atoms with Crippen LogP contribution in [0.1, 0.15) is 5.56 Å². The number of nitrogens with two attached hydrogens (primary N) is 1. The molecule has 4 nitrogen and oxygen atoms in total. The summed E-state index contributed by atoms with van der Waals surface area (Å²) >= 11 is 6.23. The lowest BCUT2D eigenvalue weighted by atomic mass is 10.1. The van der Waals surface area contributed by atoms with Crippen molar-refractivity contribution in [2.24, 2.45) is 0 Å². The molecular weight excluding hydrogens is 264 g/mol. The van der Waals surface area contributed by atoms with Gasteiger partial charge in [0.1, 0.15) is 10.8 Å². The molecule has 2 rings (SSSR count). The van der Waals surface area contributed by atoms with E-state index in [4.69, 9.17) is 26.8 Å². The fraction of sp³-hybridized carbons (Fsp3) is 0.214. The molecule has 0 unspecified atom stereocenters. The molecule has 1 heterocycles. The molecule has 0 aliphatic rings. The van der Waals surface area contributed by atoms with E-state index in [9.17, 15) is 0 Å². The lowest BCUT2D eigenvalue weighted by molar-refractivity contribution is 0.396. The molecule has 0 bridgehead atoms. The Balaban J connectivity index is 2.65. The van der Waals surface area contributed by atoms with Gasteiger partial charge in [0.05, 0.1) is 25.6 Å². The molecule has 0 aliphatic carbocycles. The van der Waals surface area contributed by atoms with Gasteiger partial charge in [0.2, 0.25) is 0 Å². The normalized spacial score (nSPS) is 10.3. The average molecular weight is 279 g/mol. The summed E-state index contributed by atoms with van der Waals surface area (Å²) in [5, 5.41) is 0.407. The molecule has 1 aromatic heterocycles. The third-order valence-electron chi connectivity index (χ3n) is 2.79. The van der Waals surface area contributed by atoms with Crippen LogP contribution >= 0.6 is 11.6 Å². The maximum absolute atomic E-state index is 6.23. The van der Waals surface area contributed by atoms with Crippen LogP contribution in [0.3, 0.4) is 0 Å². The molecule has 2 N–H and O–H groups in total. The van der Waals surface area contributed by atoms with Crippen LogP contribution < -0.4 is 15.2 Å². The molecular formula is C14H15ClN2O2. The largest absolute Gasteiger partial charge is 0.495 e. The van der Waals surface area contributed by atoms with Crippen LogP contribution in [0, 0.1) is 6.92 Å². The Hall–Kier alpha value is -1.94. The van der Waals surface area contributed by atoms with Gasteiger partial charge in [0.15, 0.2) is 5.75 Å². The van der Waals surface area contributed by atoms with Crippen LogP contribution in [0.15, 0.2) is 24.4 Å². The van der Waals surface area contributed by atoms with Gasteiger partial charge in [-0.25, -0.2) is 0 Å². The minimum atomic E-state index is 0.407. The van der Waals surface area contributed by atoms with Crippen LogP contribution in [0.2, 0.25) is 5.02 Å². The summed E-state index contributed by atoms with van der Waals surface area (Å²) in [4.78, 5) is 4.35. The van der Waals surface area contributed by atoms with Crippen LogP contribution in [0.4, 0.5) is 5.69 Å². The second-order valence-electron chi connectivity index (χ2n) is 4.11. The number of nitrogen functional groups attached to an aromatic ring is 1. The zero-order valence-corrected chi connectivity index (χ0v) is 11.8. The number of hydrogen-bond donors (Lipinski definition) is 1. The van der Waals surface area contributed by atoms with Crippen LogP contribution in [-0.4, -0.2) is 19.2 Å². The fourth-order valence-electron chi connectivity index (χ4n) is 1.90. The van der Waals surface area contributed by atoms with E-state index in [1.54, 1.807) is 26.5 Å². The van der Waals surface area contributed by atoms with Crippen molar-refractivity contribution in [3.8, 4) is 22.8 Å². The Morgan fingerprint density at radius 1 is 1.21 bits per heavy atom. The highest BCUT2D eigenvalue weighted by Crippen LogP contribution is 2.42. The van der Waals surface area contributed by atoms with Crippen molar-refractivity contribution in [2.45, 2.75) is 6.92 Å². The number of aryl methyl sites for hydroxylation is 1. The van der Waals surface area contributed by atoms with Gasteiger partial charge in [-0.1, -0.05) is 11.6 Å². The number of benzene rings is 1. The molecule has 5 heteroatoms. The van der Waals surface area contributed by atoms with Crippen molar-refractivity contribution in [2.75, 3.05) is 20.0 Å². The molecule has 0 amide bonds. The maximum Gasteiger partial charge on any atom is 0.150 e. The van der Waals surface area contributed by atoms with E-state index in [2.05, 4.69) is 4.98 Å². The quantitative estimate of drug-likeness (QED) is 0.936. The van der Waals surface area contributed by atoms with Crippen molar-refractivity contribution in [1.29, 1.82) is 0 Å². The van der Waals surface area contributed by atoms with Crippen LogP contribution in [-0.2, 0) is 0 Å². The van der Waals surface area contributed by atoms with E-state index in [1.165, 1.54) is 0 Å². The minimum Gasteiger partial charge on any atom is -0.495 e. The van der Waals surface area contributed by atoms with Crippen molar-refractivity contribution < 1.29 is 9.47 Å². The van der Waals surface area contributed by atoms with Gasteiger partial charge in [0, 0.05) is 11.8 Å². The second kappa shape index (κ2) is 5.36. The topological polar surface area (TPSA) is 57.4 Å². The smallest absolute Gasteiger partial charge is 0.150 e. The number of pyridine rings is 1. The zero-order chi connectivity index (χ0) is 14.0. The summed E-state index contributed by atoms with van der Waals surface area (Å²) in [5.41, 5.74) is 8.97. The summed E-state index contributed by atoms with van der Waals surface area (Å²) in [6.07, 6.45) is 1.75. The number of anilines is 1. The summed E-state index contributed by atoms with van der Waals surface area (Å²) in [6, 6.07) is 5.46. The SMILES string of the molecule is COc1ccc(-c2ncc(C)cc2N)c(OC)c1Cl. The van der Waals surface area contributed by atoms with E-state index < -0.39 is 0 Å². The van der Waals surface area contributed by atoms with Gasteiger partial charge in [-0.05, 0) is 30.7 Å². The highest BCUT2D eigenvalue weighted by molar-refractivity contribution is 6.34. The first-order valence-corrected chi connectivity index (χ1v) is 6.09. The molecule has 100 valence electrons. The average Bonchev–Trinajstić information content (AvgIpc) is 2.38. The van der Waals surface area contributed by atoms with Gasteiger partial charge in [-0.3, -0.25) is 4.98 Å². The van der Waals surface area contributed by atoms with E-state index in [0.717, 1.165) is 11.1 Å². The number of methoxy groups -OCH3 is 2. The van der Waals surface area contributed by atoms with Gasteiger partial charge < -0.3 is 15.2 Å². The predicted octanol–water partition coefficient (Wildman–Crippen LogP) is 3.31. The van der Waals surface area contributed by atoms with Gasteiger partial charge in [0.25, 0.3) is 0 Å². The lowest BCUT2D eigenvalue weighted by Crippen LogP contribution is -1.98. The molecule has 0 radical (unpaired) electrons. The van der Waals surface area contributed by atoms with Crippen molar-refractivity contribution in [3.05, 3.63) is 35.0 Å². The molecule has 0 saturated heterocycles. The van der Waals surface area contributed by atoms with Crippen molar-refractivity contribution in [1.82, 2.24) is 4.98 Å². The maximum atomic E-state index is 6.23. The van der Waals surface area contributed by atoms with E-state index in [0.29, 0.717) is 27.9 Å². The highest BCUT2D eigenvalue weighted by Gasteiger charge is 2.17. The Bertz CT molecular complexity index is 615. The number of rotatable bonds is 3. The Morgan fingerprint density at radius 3 is 2.53 bits per heavy atom. The highest BCUT2D eigenvalue weighted by atomic mass is 35.5. The summed E-state index contributed by atoms with van der Waals surface area (Å²) < 4.78 is 10.5. The number of halogens is 1. The van der Waals surface area contributed by atoms with Crippen molar-refractivity contribution >= 4 is 17.3 Å². The number of nitrogens with zero attached hydrogens (tertiary/aromatic N) is 1. The van der Waals surface area contributed by atoms with Crippen LogP contribution in [0.5, 0.6) is 11.5 Å². The van der Waals surface area contributed by atoms with Crippen LogP contribution in [0.25, 0.3) is 11.3 Å². The second-order valence-corrected chi connectivity index (χ2v) is 4.49. The monoisotopic (exact) mass is 278 g/mol. The Kier molecular flexibility index (Phi) is 3.81. The third-order valence-corrected chi connectivity index (χ3v) is 3.15. The molecule has 0 spiro atoms. The van der Waals surface area contributed by atoms with Gasteiger partial charge in [-0.15, -0.1) is 0 Å². The summed E-state index contributed by atoms with van der Waals surface area (Å²) in [7, 11) is 3.10. The number of aromatic nitrogens is 1. The molecule has 0 saturated carbocycles. The predicted molar refractivity (Wildman–Crippen MR) is 76.9 cm³/mol. The molecule has 1 aromatic carbocycles. The molecule has 0 atom stereocenters. The Labute approximate surface area is 117 Å². The zero-order valence-electron chi connectivity index (χ0n) is 11.0. The van der Waals surface area contributed by atoms with E-state index >= 15 is 0 Å². The van der Waals surface area contributed by atoms with Gasteiger partial charge >= 0.3 is 0 Å². The number of hydrogen-bond acceptors (Lipinski definition) is 4. The van der Waals surface area contributed by atoms with Gasteiger partial charge in [-0.2, -0.15) is 0 Å². The van der Waals surface area contributed by atoms with Crippen molar-refractivity contribution in [3.63, 3.8) is 0 Å². The molecule has 0 aliphatic heterocycles.